The lowest BCUT2D eigenvalue weighted by atomic mass is 9.86. The predicted molar refractivity (Wildman–Crippen MR) is 115 cm³/mol. The van der Waals surface area contributed by atoms with Crippen LogP contribution in [0.4, 0.5) is 0 Å². The summed E-state index contributed by atoms with van der Waals surface area (Å²) in [6.07, 6.45) is -1.56. The minimum Gasteiger partial charge on any atom is -0.496 e. The molecule has 0 bridgehead atoms. The Bertz CT molecular complexity index is 973. The van der Waals surface area contributed by atoms with Crippen molar-refractivity contribution in [2.75, 3.05) is 13.7 Å². The number of fused-ring (bicyclic) bond motifs is 1. The highest BCUT2D eigenvalue weighted by Gasteiger charge is 2.46. The van der Waals surface area contributed by atoms with Crippen LogP contribution in [0.15, 0.2) is 42.0 Å². The lowest BCUT2D eigenvalue weighted by molar-refractivity contribution is -0.245. The Balaban J connectivity index is 1.67. The van der Waals surface area contributed by atoms with Crippen LogP contribution < -0.4 is 10.6 Å². The number of hydrogen-bond acceptors (Lipinski definition) is 7. The van der Waals surface area contributed by atoms with E-state index in [0.717, 1.165) is 24.0 Å². The summed E-state index contributed by atoms with van der Waals surface area (Å²) in [4.78, 5) is 4.76. The highest BCUT2D eigenvalue weighted by molar-refractivity contribution is 5.64. The van der Waals surface area contributed by atoms with E-state index in [4.69, 9.17) is 20.2 Å². The first kappa shape index (κ1) is 22.0. The maximum absolute atomic E-state index is 10.8. The molecule has 166 valence electrons. The van der Waals surface area contributed by atoms with E-state index in [1.165, 1.54) is 16.7 Å². The van der Waals surface area contributed by atoms with Gasteiger partial charge in [0.15, 0.2) is 0 Å². The largest absolute Gasteiger partial charge is 0.496 e. The summed E-state index contributed by atoms with van der Waals surface area (Å²) in [6.45, 7) is 1.55. The fourth-order valence-electron chi connectivity index (χ4n) is 4.68. The van der Waals surface area contributed by atoms with Gasteiger partial charge in [-0.25, -0.2) is 5.90 Å². The van der Waals surface area contributed by atoms with Gasteiger partial charge in [0.2, 0.25) is 0 Å². The Hall–Kier alpha value is -2.26. The van der Waals surface area contributed by atoms with Gasteiger partial charge in [-0.05, 0) is 48.1 Å². The van der Waals surface area contributed by atoms with Gasteiger partial charge in [-0.15, -0.1) is 0 Å². The van der Waals surface area contributed by atoms with Crippen molar-refractivity contribution in [1.29, 1.82) is 0 Å². The van der Waals surface area contributed by atoms with Gasteiger partial charge < -0.3 is 24.8 Å². The van der Waals surface area contributed by atoms with Crippen LogP contribution in [0.1, 0.15) is 33.9 Å². The first-order valence-electron chi connectivity index (χ1n) is 10.4. The van der Waals surface area contributed by atoms with Crippen molar-refractivity contribution in [3.63, 3.8) is 0 Å². The van der Waals surface area contributed by atoms with Gasteiger partial charge in [0.05, 0.1) is 13.7 Å². The normalized spacial score (nSPS) is 27.7. The summed E-state index contributed by atoms with van der Waals surface area (Å²) in [5.74, 6) is 5.80. The number of nitrogens with two attached hydrogens (primary N) is 1. The lowest BCUT2D eigenvalue weighted by Gasteiger charge is -2.42. The topological polar surface area (TPSA) is 114 Å². The predicted octanol–water partition coefficient (Wildman–Crippen LogP) is 1.60. The summed E-state index contributed by atoms with van der Waals surface area (Å²) < 4.78 is 11.5. The zero-order valence-corrected chi connectivity index (χ0v) is 17.7. The number of rotatable bonds is 6. The molecule has 5 atom stereocenters. The Morgan fingerprint density at radius 2 is 1.90 bits per heavy atom. The van der Waals surface area contributed by atoms with Crippen LogP contribution in [-0.2, 0) is 22.4 Å². The van der Waals surface area contributed by atoms with Crippen LogP contribution in [0.5, 0.6) is 5.75 Å². The van der Waals surface area contributed by atoms with Crippen molar-refractivity contribution in [1.82, 2.24) is 0 Å². The molecule has 7 heteroatoms. The molecule has 1 heterocycles. The van der Waals surface area contributed by atoms with Gasteiger partial charge in [-0.3, -0.25) is 4.84 Å². The van der Waals surface area contributed by atoms with Crippen LogP contribution in [-0.4, -0.2) is 53.5 Å². The zero-order valence-electron chi connectivity index (χ0n) is 17.7. The van der Waals surface area contributed by atoms with Gasteiger partial charge in [0.1, 0.15) is 36.3 Å². The molecule has 0 spiro atoms. The number of aliphatic hydroxyl groups is 3. The summed E-state index contributed by atoms with van der Waals surface area (Å²) in [7, 11) is 1.55. The average Bonchev–Trinajstić information content (AvgIpc) is 3.19. The van der Waals surface area contributed by atoms with Gasteiger partial charge in [0.25, 0.3) is 0 Å². The number of hydrogen-bond donors (Lipinski definition) is 4. The number of aliphatic hydroxyl groups excluding tert-OH is 3. The summed E-state index contributed by atoms with van der Waals surface area (Å²) >= 11 is 0. The third kappa shape index (κ3) is 4.01. The van der Waals surface area contributed by atoms with Crippen molar-refractivity contribution >= 4 is 6.08 Å². The molecule has 4 rings (SSSR count). The number of methoxy groups -OCH3 is 1. The number of benzene rings is 2. The minimum absolute atomic E-state index is 0.408. The van der Waals surface area contributed by atoms with E-state index in [2.05, 4.69) is 24.3 Å². The second-order valence-electron chi connectivity index (χ2n) is 8.18. The summed E-state index contributed by atoms with van der Waals surface area (Å²) in [5.41, 5.74) is 6.51. The smallest absolute Gasteiger partial charge is 0.135 e. The van der Waals surface area contributed by atoms with Gasteiger partial charge in [-0.2, -0.15) is 0 Å². The van der Waals surface area contributed by atoms with Crippen molar-refractivity contribution < 1.29 is 29.6 Å². The van der Waals surface area contributed by atoms with E-state index < -0.39 is 37.1 Å². The minimum atomic E-state index is -1.32. The van der Waals surface area contributed by atoms with E-state index in [0.29, 0.717) is 11.3 Å². The molecule has 31 heavy (non-hydrogen) atoms. The molecular formula is C24H29NO6. The second-order valence-corrected chi connectivity index (χ2v) is 8.18. The third-order valence-corrected chi connectivity index (χ3v) is 6.36. The van der Waals surface area contributed by atoms with Crippen LogP contribution in [0.25, 0.3) is 6.08 Å². The van der Waals surface area contributed by atoms with Gasteiger partial charge in [0, 0.05) is 5.56 Å². The van der Waals surface area contributed by atoms with Crippen LogP contribution in [0.2, 0.25) is 0 Å². The summed E-state index contributed by atoms with van der Waals surface area (Å²) in [6, 6.07) is 12.2. The van der Waals surface area contributed by atoms with E-state index >= 15 is 0 Å². The molecule has 1 aliphatic carbocycles. The highest BCUT2D eigenvalue weighted by atomic mass is 16.7. The Labute approximate surface area is 181 Å². The van der Waals surface area contributed by atoms with Crippen LogP contribution >= 0.6 is 0 Å². The van der Waals surface area contributed by atoms with Crippen molar-refractivity contribution in [3.8, 4) is 5.75 Å². The zero-order chi connectivity index (χ0) is 22.1. The Morgan fingerprint density at radius 1 is 1.13 bits per heavy atom. The van der Waals surface area contributed by atoms with Gasteiger partial charge in [-0.1, -0.05) is 42.0 Å². The van der Waals surface area contributed by atoms with E-state index in [-0.39, 0.29) is 0 Å². The molecule has 1 saturated heterocycles. The second kappa shape index (κ2) is 9.08. The standard InChI is InChI=1S/C24H29NO6/c1-13-15(9-14-10-16-5-3-4-6-17(16)11-14)7-8-18(29-2)20(13)24-22(28)21(27)23(31-25)19(12-26)30-24/h3-8,10,19,21-24,26-28H,9,11-12,25H2,1-2H3/t19?,21-,22-,23-,24+/m1/s1. The molecule has 2 aromatic carbocycles. The number of ether oxygens (including phenoxy) is 2. The molecule has 1 unspecified atom stereocenters. The highest BCUT2D eigenvalue weighted by Crippen LogP contribution is 2.41. The Morgan fingerprint density at radius 3 is 2.58 bits per heavy atom. The molecule has 0 amide bonds. The van der Waals surface area contributed by atoms with E-state index in [1.807, 2.05) is 25.1 Å². The van der Waals surface area contributed by atoms with Crippen molar-refractivity contribution in [3.05, 3.63) is 69.8 Å². The van der Waals surface area contributed by atoms with Gasteiger partial charge >= 0.3 is 0 Å². The molecular weight excluding hydrogens is 398 g/mol. The van der Waals surface area contributed by atoms with E-state index in [9.17, 15) is 15.3 Å². The monoisotopic (exact) mass is 427 g/mol. The summed E-state index contributed by atoms with van der Waals surface area (Å²) in [5, 5.41) is 31.0. The lowest BCUT2D eigenvalue weighted by Crippen LogP contribution is -2.57. The first-order chi connectivity index (χ1) is 15.0. The molecule has 0 saturated carbocycles. The SMILES string of the molecule is COc1ccc(CC2=Cc3ccccc3C2)c(C)c1[C@@H]1OC(CO)[C@@H](ON)[C@H](O)[C@H]1O. The fraction of sp³-hybridized carbons (Fsp3) is 0.417. The maximum Gasteiger partial charge on any atom is 0.135 e. The average molecular weight is 427 g/mol. The molecule has 1 aliphatic heterocycles. The molecule has 0 radical (unpaired) electrons. The van der Waals surface area contributed by atoms with Crippen molar-refractivity contribution in [2.24, 2.45) is 5.90 Å². The third-order valence-electron chi connectivity index (χ3n) is 6.36. The maximum atomic E-state index is 10.8. The molecule has 5 N–H and O–H groups in total. The van der Waals surface area contributed by atoms with Crippen LogP contribution in [0.3, 0.4) is 0 Å². The molecule has 2 aromatic rings. The molecule has 2 aliphatic rings. The molecule has 0 aromatic heterocycles. The first-order valence-corrected chi connectivity index (χ1v) is 10.4. The van der Waals surface area contributed by atoms with Crippen molar-refractivity contribution in [2.45, 2.75) is 50.3 Å². The molecule has 7 nitrogen and oxygen atoms in total. The molecule has 1 fully saturated rings. The quantitative estimate of drug-likeness (QED) is 0.518. The fourth-order valence-corrected chi connectivity index (χ4v) is 4.68. The Kier molecular flexibility index (Phi) is 6.43. The van der Waals surface area contributed by atoms with Crippen LogP contribution in [0, 0.1) is 6.92 Å². The van der Waals surface area contributed by atoms with E-state index in [1.54, 1.807) is 7.11 Å². The number of allylic oxidation sites excluding steroid dienone is 1.